The quantitative estimate of drug-likeness (QED) is 0.127. The molecule has 3 aliphatic rings. The summed E-state index contributed by atoms with van der Waals surface area (Å²) in [6.45, 7) is -1.90. The van der Waals surface area contributed by atoms with Gasteiger partial charge in [0.2, 0.25) is 5.66 Å². The number of hydrogen-bond donors (Lipinski definition) is 8. The van der Waals surface area contributed by atoms with Gasteiger partial charge in [0, 0.05) is 0 Å². The fourth-order valence-electron chi connectivity index (χ4n) is 3.74. The maximum Gasteiger partial charge on any atom is 0.404 e. The number of nitrogens with one attached hydrogen (secondary N) is 1. The second-order valence-corrected chi connectivity index (χ2v) is 8.61. The van der Waals surface area contributed by atoms with Gasteiger partial charge in [0.25, 0.3) is 11.6 Å². The van der Waals surface area contributed by atoms with Crippen LogP contribution in [-0.2, 0) is 33.9 Å². The number of carbonyl (C=O) groups excluding carboxylic acids is 1. The smallest absolute Gasteiger partial charge is 0.404 e. The first-order chi connectivity index (χ1) is 13.9. The van der Waals surface area contributed by atoms with Crippen LogP contribution in [0.1, 0.15) is 0 Å². The van der Waals surface area contributed by atoms with Crippen LogP contribution in [0.2, 0.25) is 0 Å². The van der Waals surface area contributed by atoms with Crippen LogP contribution in [-0.4, -0.2) is 102 Å². The Labute approximate surface area is 173 Å². The highest BCUT2D eigenvalue weighted by Gasteiger charge is 2.82. The van der Waals surface area contributed by atoms with Crippen molar-refractivity contribution in [2.75, 3.05) is 13.2 Å². The van der Waals surface area contributed by atoms with E-state index in [9.17, 15) is 31.8 Å². The highest BCUT2D eigenvalue weighted by molar-refractivity contribution is 7.81. The molecule has 3 aliphatic heterocycles. The van der Waals surface area contributed by atoms with Crippen molar-refractivity contribution >= 4 is 38.8 Å². The van der Waals surface area contributed by atoms with Crippen molar-refractivity contribution in [2.24, 2.45) is 27.2 Å². The number of hydrogen-bond acceptors (Lipinski definition) is 16. The standard InChI is InChI=1S/C10H17N7O12S2/c11-5-15-4-3(1-27-7(13)18)14-6(12)17-2-8(28-30(21,22)23,29-31(24,25)26)10(19,20)9(4,17)16-5/h3-4,19-20H,1-2H2,(H2,12,14)(H2,13,18)(H3,11,15,16)(H,21,22,23)(H,24,25,26)/t3-,4?,9?/m0/s1. The molecule has 0 aliphatic carbocycles. The highest BCUT2D eigenvalue weighted by Crippen LogP contribution is 2.51. The third-order valence-corrected chi connectivity index (χ3v) is 5.65. The third kappa shape index (κ3) is 3.59. The van der Waals surface area contributed by atoms with Gasteiger partial charge < -0.3 is 42.4 Å². The SMILES string of the molecule is NC(=O)OC[C@@H]1N=C(N)N2CC(OS(=O)(=O)O)(OS(=O)(=O)O)C(O)(O)C23NC(N)=NC13. The minimum absolute atomic E-state index is 0.494. The van der Waals surface area contributed by atoms with E-state index in [1.165, 1.54) is 0 Å². The van der Waals surface area contributed by atoms with E-state index >= 15 is 0 Å². The number of rotatable bonds is 6. The number of primary amides is 1. The predicted molar refractivity (Wildman–Crippen MR) is 94.1 cm³/mol. The lowest BCUT2D eigenvalue weighted by Gasteiger charge is -2.48. The van der Waals surface area contributed by atoms with Crippen molar-refractivity contribution in [1.82, 2.24) is 10.2 Å². The van der Waals surface area contributed by atoms with E-state index in [0.717, 1.165) is 0 Å². The lowest BCUT2D eigenvalue weighted by molar-refractivity contribution is -0.337. The summed E-state index contributed by atoms with van der Waals surface area (Å²) in [4.78, 5) is 19.4. The van der Waals surface area contributed by atoms with E-state index in [-0.39, 0.29) is 0 Å². The lowest BCUT2D eigenvalue weighted by atomic mass is 9.85. The highest BCUT2D eigenvalue weighted by atomic mass is 32.3. The lowest BCUT2D eigenvalue weighted by Crippen LogP contribution is -2.79. The summed E-state index contributed by atoms with van der Waals surface area (Å²) >= 11 is 0. The average molecular weight is 491 g/mol. The summed E-state index contributed by atoms with van der Waals surface area (Å²) < 4.78 is 76.7. The predicted octanol–water partition coefficient (Wildman–Crippen LogP) is -5.91. The zero-order chi connectivity index (χ0) is 23.6. The number of guanidine groups is 2. The minimum atomic E-state index is -5.66. The zero-order valence-electron chi connectivity index (χ0n) is 15.0. The maximum absolute atomic E-state index is 11.4. The van der Waals surface area contributed by atoms with Crippen LogP contribution in [0.4, 0.5) is 4.79 Å². The normalized spacial score (nSPS) is 31.2. The van der Waals surface area contributed by atoms with Crippen LogP contribution in [0.3, 0.4) is 0 Å². The van der Waals surface area contributed by atoms with Gasteiger partial charge in [-0.2, -0.15) is 16.8 Å². The Kier molecular flexibility index (Phi) is 5.03. The molecule has 3 rings (SSSR count). The van der Waals surface area contributed by atoms with Gasteiger partial charge in [-0.1, -0.05) is 0 Å². The number of carbonyl (C=O) groups is 1. The molecule has 176 valence electrons. The van der Waals surface area contributed by atoms with Crippen LogP contribution in [0.25, 0.3) is 0 Å². The van der Waals surface area contributed by atoms with Gasteiger partial charge in [0.05, 0.1) is 6.54 Å². The summed E-state index contributed by atoms with van der Waals surface area (Å²) in [6, 6.07) is -2.88. The van der Waals surface area contributed by atoms with Crippen LogP contribution in [0.5, 0.6) is 0 Å². The summed E-state index contributed by atoms with van der Waals surface area (Å²) in [5.41, 5.74) is 13.8. The van der Waals surface area contributed by atoms with Crippen molar-refractivity contribution < 1.29 is 54.1 Å². The molecule has 11 N–H and O–H groups in total. The Morgan fingerprint density at radius 1 is 1.16 bits per heavy atom. The average Bonchev–Trinajstić information content (AvgIpc) is 2.98. The summed E-state index contributed by atoms with van der Waals surface area (Å²) in [7, 11) is -11.3. The van der Waals surface area contributed by atoms with Crippen molar-refractivity contribution in [3.05, 3.63) is 0 Å². The van der Waals surface area contributed by atoms with E-state index in [4.69, 9.17) is 26.3 Å². The largest absolute Gasteiger partial charge is 0.447 e. The van der Waals surface area contributed by atoms with Gasteiger partial charge in [0.15, 0.2) is 11.9 Å². The molecule has 31 heavy (non-hydrogen) atoms. The van der Waals surface area contributed by atoms with E-state index < -0.39 is 81.3 Å². The molecule has 0 radical (unpaired) electrons. The number of nitrogens with zero attached hydrogens (tertiary/aromatic N) is 3. The second kappa shape index (κ2) is 6.73. The number of nitrogens with two attached hydrogens (primary N) is 3. The molecule has 1 fully saturated rings. The molecule has 1 spiro atoms. The van der Waals surface area contributed by atoms with Crippen LogP contribution in [0.15, 0.2) is 9.98 Å². The monoisotopic (exact) mass is 491 g/mol. The van der Waals surface area contributed by atoms with E-state index in [2.05, 4.69) is 28.4 Å². The topological polar surface area (TPSA) is 312 Å². The molecule has 21 heteroatoms. The Balaban J connectivity index is 2.21. The van der Waals surface area contributed by atoms with E-state index in [1.807, 2.05) is 0 Å². The minimum Gasteiger partial charge on any atom is -0.447 e. The van der Waals surface area contributed by atoms with Gasteiger partial charge >= 0.3 is 26.9 Å². The number of aliphatic hydroxyl groups is 2. The number of aliphatic imine (C=N–C) groups is 2. The van der Waals surface area contributed by atoms with Gasteiger partial charge in [-0.3, -0.25) is 9.11 Å². The second-order valence-electron chi connectivity index (χ2n) is 6.57. The van der Waals surface area contributed by atoms with E-state index in [0.29, 0.717) is 4.90 Å². The Morgan fingerprint density at radius 2 is 1.71 bits per heavy atom. The maximum atomic E-state index is 11.4. The van der Waals surface area contributed by atoms with Gasteiger partial charge in [-0.25, -0.2) is 23.1 Å². The van der Waals surface area contributed by atoms with Crippen LogP contribution in [0, 0.1) is 0 Å². The van der Waals surface area contributed by atoms with Crippen LogP contribution >= 0.6 is 0 Å². The molecule has 0 saturated carbocycles. The molecule has 0 aromatic rings. The van der Waals surface area contributed by atoms with Crippen molar-refractivity contribution in [3.63, 3.8) is 0 Å². The molecular formula is C10H17N7O12S2. The summed E-state index contributed by atoms with van der Waals surface area (Å²) in [5.74, 6) is -8.57. The fraction of sp³-hybridized carbons (Fsp3) is 0.700. The Hall–Kier alpha value is -2.53. The Morgan fingerprint density at radius 3 is 2.19 bits per heavy atom. The molecule has 3 atom stereocenters. The molecule has 3 heterocycles. The number of amides is 1. The summed E-state index contributed by atoms with van der Waals surface area (Å²) in [6.07, 6.45) is -1.24. The third-order valence-electron chi connectivity index (χ3n) is 4.69. The first kappa shape index (κ1) is 23.1. The molecule has 0 bridgehead atoms. The van der Waals surface area contributed by atoms with Crippen LogP contribution < -0.4 is 22.5 Å². The van der Waals surface area contributed by atoms with E-state index in [1.54, 1.807) is 0 Å². The van der Waals surface area contributed by atoms with Gasteiger partial charge in [-0.05, 0) is 0 Å². The Bertz CT molecular complexity index is 1040. The fourth-order valence-corrected chi connectivity index (χ4v) is 4.87. The summed E-state index contributed by atoms with van der Waals surface area (Å²) in [5, 5.41) is 24.3. The molecule has 1 saturated heterocycles. The first-order valence-electron chi connectivity index (χ1n) is 7.89. The van der Waals surface area contributed by atoms with Gasteiger partial charge in [0.1, 0.15) is 18.7 Å². The van der Waals surface area contributed by atoms with Gasteiger partial charge in [-0.15, -0.1) is 0 Å². The molecule has 0 aromatic carbocycles. The number of ether oxygens (including phenoxy) is 1. The van der Waals surface area contributed by atoms with Crippen molar-refractivity contribution in [2.45, 2.75) is 29.3 Å². The first-order valence-corrected chi connectivity index (χ1v) is 10.6. The molecule has 2 unspecified atom stereocenters. The molecule has 19 nitrogen and oxygen atoms in total. The molecular weight excluding hydrogens is 474 g/mol. The zero-order valence-corrected chi connectivity index (χ0v) is 16.6. The molecule has 1 amide bonds. The van der Waals surface area contributed by atoms with Crippen molar-refractivity contribution in [3.8, 4) is 0 Å². The van der Waals surface area contributed by atoms with Crippen molar-refractivity contribution in [1.29, 1.82) is 0 Å². The molecule has 0 aromatic heterocycles.